The molecule has 0 saturated carbocycles. The Kier molecular flexibility index (Phi) is 6.85. The number of rotatable bonds is 6. The monoisotopic (exact) mass is 550 g/mol. The number of ether oxygens (including phenoxy) is 1. The molecule has 9 nitrogen and oxygen atoms in total. The summed E-state index contributed by atoms with van der Waals surface area (Å²) < 4.78 is 13.9. The number of aliphatic hydroxyl groups excluding tert-OH is 1. The summed E-state index contributed by atoms with van der Waals surface area (Å²) in [5.41, 5.74) is 1.76. The molecule has 1 unspecified atom stereocenters. The molecule has 1 aromatic heterocycles. The Labute approximate surface area is 230 Å². The number of nitrogens with one attached hydrogen (secondary N) is 1. The highest BCUT2D eigenvalue weighted by atomic mass is 28.4. The Morgan fingerprint density at radius 2 is 1.90 bits per heavy atom. The average molecular weight is 551 g/mol. The summed E-state index contributed by atoms with van der Waals surface area (Å²) in [7, 11) is -1.83. The van der Waals surface area contributed by atoms with Crippen molar-refractivity contribution >= 4 is 36.8 Å². The van der Waals surface area contributed by atoms with Crippen LogP contribution in [-0.4, -0.2) is 65.4 Å². The second kappa shape index (κ2) is 9.76. The largest absolute Gasteiger partial charge is 0.444 e. The molecular weight excluding hydrogens is 512 g/mol. The third-order valence-corrected chi connectivity index (χ3v) is 8.40. The molecule has 2 aliphatic heterocycles. The minimum atomic E-state index is -1.83. The molecule has 0 spiro atoms. The van der Waals surface area contributed by atoms with Gasteiger partial charge in [-0.1, -0.05) is 18.2 Å². The van der Waals surface area contributed by atoms with Gasteiger partial charge in [-0.15, -0.1) is 0 Å². The van der Waals surface area contributed by atoms with Crippen LogP contribution in [0.2, 0.25) is 19.6 Å². The fourth-order valence-electron chi connectivity index (χ4n) is 5.29. The number of aromatic nitrogens is 2. The summed E-state index contributed by atoms with van der Waals surface area (Å²) in [6.07, 6.45) is 3.68. The van der Waals surface area contributed by atoms with Gasteiger partial charge in [0.15, 0.2) is 8.32 Å². The molecule has 1 saturated heterocycles. The zero-order chi connectivity index (χ0) is 28.2. The Balaban J connectivity index is 1.42. The molecule has 0 radical (unpaired) electrons. The highest BCUT2D eigenvalue weighted by molar-refractivity contribution is 6.69. The summed E-state index contributed by atoms with van der Waals surface area (Å²) in [6, 6.07) is 9.27. The van der Waals surface area contributed by atoms with E-state index in [1.54, 1.807) is 17.2 Å². The molecule has 10 heteroatoms. The van der Waals surface area contributed by atoms with Crippen molar-refractivity contribution in [2.24, 2.45) is 0 Å². The van der Waals surface area contributed by atoms with Crippen LogP contribution >= 0.6 is 0 Å². The van der Waals surface area contributed by atoms with Crippen LogP contribution in [0, 0.1) is 0 Å². The van der Waals surface area contributed by atoms with Gasteiger partial charge in [0.25, 0.3) is 5.91 Å². The molecule has 3 heterocycles. The second-order valence-corrected chi connectivity index (χ2v) is 17.1. The van der Waals surface area contributed by atoms with Gasteiger partial charge in [0.2, 0.25) is 0 Å². The minimum Gasteiger partial charge on any atom is -0.444 e. The number of nitrogens with zero attached hydrogens (tertiary/aromatic N) is 3. The van der Waals surface area contributed by atoms with Gasteiger partial charge in [-0.2, -0.15) is 5.10 Å². The van der Waals surface area contributed by atoms with Gasteiger partial charge in [0, 0.05) is 41.5 Å². The molecule has 0 bridgehead atoms. The number of hydrogen-bond donors (Lipinski definition) is 2. The topological polar surface area (TPSA) is 106 Å². The standard InChI is InChI=1S/C29H38N4O5Si/c1-28(2,3)38-27(36)32-14-12-29(13-15-32,18-37-39(4,5)6)33-17-19(16-30-33)25(34)21-10-11-23-24-20(21)8-7-9-22(24)26(35)31-23/h7-11,16-17,25,34H,12-15,18H2,1-6H3,(H,31,35). The lowest BCUT2D eigenvalue weighted by Crippen LogP contribution is -2.52. The second-order valence-electron chi connectivity index (χ2n) is 12.6. The summed E-state index contributed by atoms with van der Waals surface area (Å²) >= 11 is 0. The van der Waals surface area contributed by atoms with Gasteiger partial charge in [-0.3, -0.25) is 9.48 Å². The third kappa shape index (κ3) is 5.46. The van der Waals surface area contributed by atoms with Crippen molar-refractivity contribution in [3.05, 3.63) is 59.4 Å². The third-order valence-electron chi connectivity index (χ3n) is 7.39. The van der Waals surface area contributed by atoms with E-state index in [9.17, 15) is 14.7 Å². The van der Waals surface area contributed by atoms with Gasteiger partial charge >= 0.3 is 6.09 Å². The van der Waals surface area contributed by atoms with E-state index in [0.717, 1.165) is 22.0 Å². The number of amides is 2. The fraction of sp³-hybridized carbons (Fsp3) is 0.483. The van der Waals surface area contributed by atoms with Crippen molar-refractivity contribution in [2.45, 2.75) is 70.5 Å². The van der Waals surface area contributed by atoms with Gasteiger partial charge in [0.05, 0.1) is 18.3 Å². The molecule has 2 N–H and O–H groups in total. The van der Waals surface area contributed by atoms with Crippen LogP contribution in [0.5, 0.6) is 0 Å². The zero-order valence-electron chi connectivity index (χ0n) is 23.6. The molecule has 208 valence electrons. The van der Waals surface area contributed by atoms with E-state index >= 15 is 0 Å². The first-order valence-electron chi connectivity index (χ1n) is 13.5. The summed E-state index contributed by atoms with van der Waals surface area (Å²) in [5, 5.41) is 20.8. The van der Waals surface area contributed by atoms with E-state index in [-0.39, 0.29) is 12.0 Å². The summed E-state index contributed by atoms with van der Waals surface area (Å²) in [5.74, 6) is -0.128. The van der Waals surface area contributed by atoms with Crippen molar-refractivity contribution in [3.8, 4) is 0 Å². The number of aliphatic hydroxyl groups is 1. The van der Waals surface area contributed by atoms with Gasteiger partial charge < -0.3 is 24.5 Å². The SMILES string of the molecule is CC(C)(C)OC(=O)N1CCC(CO[Si](C)(C)C)(n2cc(C(O)c3ccc4c5c(cccc35)C(=O)N4)cn2)CC1. The van der Waals surface area contributed by atoms with Crippen molar-refractivity contribution < 1.29 is 23.9 Å². The van der Waals surface area contributed by atoms with Crippen molar-refractivity contribution in [1.82, 2.24) is 14.7 Å². The maximum absolute atomic E-state index is 12.7. The number of carbonyl (C=O) groups excluding carboxylic acids is 2. The fourth-order valence-corrected chi connectivity index (χ4v) is 5.99. The number of piperidine rings is 1. The lowest BCUT2D eigenvalue weighted by atomic mass is 9.88. The predicted molar refractivity (Wildman–Crippen MR) is 153 cm³/mol. The molecule has 39 heavy (non-hydrogen) atoms. The van der Waals surface area contributed by atoms with E-state index < -0.39 is 25.6 Å². The number of benzene rings is 2. The molecule has 2 amide bonds. The van der Waals surface area contributed by atoms with Crippen LogP contribution in [0.25, 0.3) is 10.8 Å². The van der Waals surface area contributed by atoms with E-state index in [4.69, 9.17) is 14.3 Å². The average Bonchev–Trinajstić information content (AvgIpc) is 3.48. The zero-order valence-corrected chi connectivity index (χ0v) is 24.6. The molecular formula is C29H38N4O5Si. The van der Waals surface area contributed by atoms with Crippen molar-refractivity contribution in [2.75, 3.05) is 25.0 Å². The first-order chi connectivity index (χ1) is 18.3. The van der Waals surface area contributed by atoms with Crippen molar-refractivity contribution in [3.63, 3.8) is 0 Å². The van der Waals surface area contributed by atoms with Crippen LogP contribution in [0.1, 0.15) is 61.2 Å². The molecule has 1 atom stereocenters. The van der Waals surface area contributed by atoms with E-state index in [1.165, 1.54) is 0 Å². The quantitative estimate of drug-likeness (QED) is 0.406. The Hall–Kier alpha value is -3.21. The maximum atomic E-state index is 12.7. The number of anilines is 1. The van der Waals surface area contributed by atoms with Gasteiger partial charge in [0.1, 0.15) is 11.7 Å². The Morgan fingerprint density at radius 3 is 2.56 bits per heavy atom. The van der Waals surface area contributed by atoms with E-state index in [2.05, 4.69) is 25.0 Å². The number of hydrogen-bond acceptors (Lipinski definition) is 6. The normalized spacial score (nSPS) is 17.8. The van der Waals surface area contributed by atoms with Crippen LogP contribution in [0.15, 0.2) is 42.7 Å². The van der Waals surface area contributed by atoms with E-state index in [1.807, 2.05) is 55.9 Å². The van der Waals surface area contributed by atoms with Crippen LogP contribution in [0.4, 0.5) is 10.5 Å². The highest BCUT2D eigenvalue weighted by Gasteiger charge is 2.41. The number of likely N-dealkylation sites (tertiary alicyclic amines) is 1. The minimum absolute atomic E-state index is 0.128. The van der Waals surface area contributed by atoms with Gasteiger partial charge in [-0.25, -0.2) is 4.79 Å². The maximum Gasteiger partial charge on any atom is 0.410 e. The van der Waals surface area contributed by atoms with Crippen molar-refractivity contribution in [1.29, 1.82) is 0 Å². The predicted octanol–water partition coefficient (Wildman–Crippen LogP) is 5.26. The molecule has 5 rings (SSSR count). The van der Waals surface area contributed by atoms with Crippen LogP contribution in [-0.2, 0) is 14.7 Å². The molecule has 1 fully saturated rings. The molecule has 2 aromatic carbocycles. The van der Waals surface area contributed by atoms with E-state index in [0.29, 0.717) is 43.7 Å². The smallest absolute Gasteiger partial charge is 0.410 e. The Bertz CT molecular complexity index is 1410. The summed E-state index contributed by atoms with van der Waals surface area (Å²) in [4.78, 5) is 26.8. The molecule has 3 aromatic rings. The Morgan fingerprint density at radius 1 is 1.18 bits per heavy atom. The van der Waals surface area contributed by atoms with Crippen LogP contribution < -0.4 is 5.32 Å². The number of carbonyl (C=O) groups is 2. The highest BCUT2D eigenvalue weighted by Crippen LogP contribution is 2.39. The first kappa shape index (κ1) is 27.4. The lowest BCUT2D eigenvalue weighted by molar-refractivity contribution is 0.00189. The summed E-state index contributed by atoms with van der Waals surface area (Å²) in [6.45, 7) is 13.6. The molecule has 0 aliphatic carbocycles. The lowest BCUT2D eigenvalue weighted by Gasteiger charge is -2.43. The first-order valence-corrected chi connectivity index (χ1v) is 16.9. The van der Waals surface area contributed by atoms with Crippen LogP contribution in [0.3, 0.4) is 0 Å². The van der Waals surface area contributed by atoms with Gasteiger partial charge in [-0.05, 0) is 76.3 Å². The molecule has 2 aliphatic rings.